The fraction of sp³-hybridized carbons (Fsp3) is 0.840. The first-order chi connectivity index (χ1) is 14.3. The fourth-order valence-corrected chi connectivity index (χ4v) is 10.4. The minimum absolute atomic E-state index is 0.0905. The lowest BCUT2D eigenvalue weighted by Gasteiger charge is -2.51. The second-order valence-electron chi connectivity index (χ2n) is 12.2. The van der Waals surface area contributed by atoms with Crippen molar-refractivity contribution in [2.75, 3.05) is 14.2 Å². The molecule has 31 heavy (non-hydrogen) atoms. The molecule has 4 saturated carbocycles. The number of fused-ring (bicyclic) bond motifs is 3. The average molecular weight is 449 g/mol. The van der Waals surface area contributed by atoms with E-state index in [-0.39, 0.29) is 40.2 Å². The number of methoxy groups -OCH3 is 2. The molecule has 0 saturated heterocycles. The van der Waals surface area contributed by atoms with Crippen molar-refractivity contribution in [3.63, 3.8) is 0 Å². The number of esters is 2. The van der Waals surface area contributed by atoms with Crippen LogP contribution in [0.15, 0.2) is 12.2 Å². The van der Waals surface area contributed by atoms with Crippen LogP contribution in [0.1, 0.15) is 58.8 Å². The van der Waals surface area contributed by atoms with Gasteiger partial charge in [-0.25, -0.2) is 0 Å². The molecule has 0 N–H and O–H groups in total. The van der Waals surface area contributed by atoms with Crippen LogP contribution in [-0.4, -0.2) is 40.1 Å². The van der Waals surface area contributed by atoms with E-state index in [2.05, 4.69) is 33.1 Å². The molecule has 0 aliphatic heterocycles. The molecule has 2 bridgehead atoms. The van der Waals surface area contributed by atoms with Gasteiger partial charge < -0.3 is 13.9 Å². The second-order valence-corrected chi connectivity index (χ2v) is 16.7. The lowest BCUT2D eigenvalue weighted by atomic mass is 9.53. The molecule has 4 fully saturated rings. The minimum Gasteiger partial charge on any atom is -0.469 e. The third-order valence-electron chi connectivity index (χ3n) is 9.50. The third kappa shape index (κ3) is 2.96. The lowest BCUT2D eigenvalue weighted by Crippen LogP contribution is -2.51. The Hall–Kier alpha value is -1.14. The van der Waals surface area contributed by atoms with Gasteiger partial charge in [-0.15, -0.1) is 0 Å². The molecule has 7 atom stereocenters. The number of carbonyl (C=O) groups is 2. The van der Waals surface area contributed by atoms with E-state index in [0.29, 0.717) is 5.92 Å². The van der Waals surface area contributed by atoms with E-state index >= 15 is 0 Å². The van der Waals surface area contributed by atoms with Crippen LogP contribution in [0, 0.1) is 34.0 Å². The van der Waals surface area contributed by atoms with Crippen molar-refractivity contribution in [3.05, 3.63) is 12.2 Å². The van der Waals surface area contributed by atoms with Crippen LogP contribution in [0.25, 0.3) is 0 Å². The van der Waals surface area contributed by atoms with E-state index in [0.717, 1.165) is 50.5 Å². The maximum absolute atomic E-state index is 13.5. The van der Waals surface area contributed by atoms with Gasteiger partial charge in [-0.05, 0) is 93.3 Å². The van der Waals surface area contributed by atoms with Gasteiger partial charge in [0.2, 0.25) is 0 Å². The molecule has 2 unspecified atom stereocenters. The lowest BCUT2D eigenvalue weighted by molar-refractivity contribution is -0.170. The van der Waals surface area contributed by atoms with Crippen LogP contribution < -0.4 is 0 Å². The average Bonchev–Trinajstić information content (AvgIpc) is 3.02. The van der Waals surface area contributed by atoms with Crippen molar-refractivity contribution in [3.8, 4) is 0 Å². The molecule has 5 nitrogen and oxygen atoms in total. The summed E-state index contributed by atoms with van der Waals surface area (Å²) in [6, 6.07) is 0. The first-order valence-corrected chi connectivity index (χ1v) is 15.3. The highest BCUT2D eigenvalue weighted by molar-refractivity contribution is 6.69. The van der Waals surface area contributed by atoms with Crippen LogP contribution in [0.2, 0.25) is 19.6 Å². The third-order valence-corrected chi connectivity index (χ3v) is 10.5. The van der Waals surface area contributed by atoms with E-state index in [1.807, 2.05) is 6.92 Å². The summed E-state index contributed by atoms with van der Waals surface area (Å²) < 4.78 is 17.6. The Bertz CT molecular complexity index is 817. The zero-order valence-corrected chi connectivity index (χ0v) is 21.4. The van der Waals surface area contributed by atoms with Gasteiger partial charge in [-0.1, -0.05) is 19.9 Å². The largest absolute Gasteiger partial charge is 0.469 e. The van der Waals surface area contributed by atoms with Crippen molar-refractivity contribution in [1.82, 2.24) is 0 Å². The zero-order chi connectivity index (χ0) is 23.0. The maximum atomic E-state index is 13.5. The molecule has 0 amide bonds. The molecule has 4 rings (SSSR count). The van der Waals surface area contributed by atoms with Crippen LogP contribution in [-0.2, 0) is 23.5 Å². The van der Waals surface area contributed by atoms with Crippen molar-refractivity contribution < 1.29 is 23.5 Å². The topological polar surface area (TPSA) is 61.8 Å². The SMILES string of the molecule is C=C1C[C@]23C[C@@]1(O[Si](C)(C)C)CCC2[C@]1(C)CCC[C@@](C)(C(=O)OC)C1[C@@H]3C(=O)OC. The number of ether oxygens (including phenoxy) is 2. The van der Waals surface area contributed by atoms with E-state index in [4.69, 9.17) is 13.9 Å². The predicted molar refractivity (Wildman–Crippen MR) is 122 cm³/mol. The van der Waals surface area contributed by atoms with E-state index in [9.17, 15) is 9.59 Å². The molecule has 4 aliphatic rings. The molecular weight excluding hydrogens is 408 g/mol. The van der Waals surface area contributed by atoms with Crippen molar-refractivity contribution in [2.24, 2.45) is 34.0 Å². The summed E-state index contributed by atoms with van der Waals surface area (Å²) in [4.78, 5) is 26.7. The van der Waals surface area contributed by atoms with Gasteiger partial charge in [0, 0.05) is 0 Å². The second kappa shape index (κ2) is 6.93. The van der Waals surface area contributed by atoms with Gasteiger partial charge in [0.05, 0.1) is 31.2 Å². The summed E-state index contributed by atoms with van der Waals surface area (Å²) in [7, 11) is 1.14. The normalized spacial score (nSPS) is 46.3. The monoisotopic (exact) mass is 448 g/mol. The summed E-state index contributed by atoms with van der Waals surface area (Å²) in [6.07, 6.45) is 6.39. The van der Waals surface area contributed by atoms with Crippen LogP contribution in [0.5, 0.6) is 0 Å². The number of rotatable bonds is 4. The zero-order valence-electron chi connectivity index (χ0n) is 20.4. The Morgan fingerprint density at radius 2 is 1.74 bits per heavy atom. The van der Waals surface area contributed by atoms with Crippen molar-refractivity contribution >= 4 is 20.3 Å². The molecule has 1 spiro atoms. The Labute approximate surface area is 188 Å². The Morgan fingerprint density at radius 1 is 1.06 bits per heavy atom. The molecule has 6 heteroatoms. The van der Waals surface area contributed by atoms with Crippen LogP contribution in [0.4, 0.5) is 0 Å². The molecule has 0 heterocycles. The maximum Gasteiger partial charge on any atom is 0.311 e. The molecule has 0 aromatic heterocycles. The van der Waals surface area contributed by atoms with Crippen LogP contribution >= 0.6 is 0 Å². The van der Waals surface area contributed by atoms with Gasteiger partial charge in [0.25, 0.3) is 0 Å². The van der Waals surface area contributed by atoms with Gasteiger partial charge >= 0.3 is 11.9 Å². The molecule has 0 radical (unpaired) electrons. The summed E-state index contributed by atoms with van der Waals surface area (Å²) in [5.41, 5.74) is -0.220. The van der Waals surface area contributed by atoms with E-state index in [1.165, 1.54) is 14.2 Å². The molecule has 4 aliphatic carbocycles. The number of hydrogen-bond donors (Lipinski definition) is 0. The summed E-state index contributed by atoms with van der Waals surface area (Å²) in [6.45, 7) is 15.6. The Balaban J connectivity index is 1.89. The fourth-order valence-electron chi connectivity index (χ4n) is 8.93. The smallest absolute Gasteiger partial charge is 0.311 e. The summed E-state index contributed by atoms with van der Waals surface area (Å²) in [5.74, 6) is -0.424. The Kier molecular flexibility index (Phi) is 5.15. The molecule has 0 aromatic rings. The molecular formula is C25H40O5Si. The predicted octanol–water partition coefficient (Wildman–Crippen LogP) is 5.11. The number of hydrogen-bond acceptors (Lipinski definition) is 5. The highest BCUT2D eigenvalue weighted by Gasteiger charge is 2.77. The minimum atomic E-state index is -1.82. The summed E-state index contributed by atoms with van der Waals surface area (Å²) in [5, 5.41) is 0. The standard InChI is InChI=1S/C25H40O5Si/c1-16-14-24-15-25(16,30-31(6,7)8)13-10-17(24)22(2)11-9-12-23(3,21(27)29-5)19(22)18(24)20(26)28-4/h17-19H,1,9-15H2,2-8H3/t17?,18-,19?,22+,23-,24+,25+/m1/s1. The highest BCUT2D eigenvalue weighted by atomic mass is 28.4. The van der Waals surface area contributed by atoms with Gasteiger partial charge in [-0.2, -0.15) is 0 Å². The van der Waals surface area contributed by atoms with Gasteiger partial charge in [0.1, 0.15) is 0 Å². The van der Waals surface area contributed by atoms with E-state index < -0.39 is 13.7 Å². The van der Waals surface area contributed by atoms with Crippen LogP contribution in [0.3, 0.4) is 0 Å². The van der Waals surface area contributed by atoms with Gasteiger partial charge in [-0.3, -0.25) is 9.59 Å². The number of carbonyl (C=O) groups excluding carboxylic acids is 2. The molecule has 0 aromatic carbocycles. The quantitative estimate of drug-likeness (QED) is 0.340. The highest BCUT2D eigenvalue weighted by Crippen LogP contribution is 2.78. The first kappa shape index (κ1) is 23.0. The molecule has 174 valence electrons. The van der Waals surface area contributed by atoms with Crippen molar-refractivity contribution in [1.29, 1.82) is 0 Å². The van der Waals surface area contributed by atoms with E-state index in [1.54, 1.807) is 0 Å². The van der Waals surface area contributed by atoms with Gasteiger partial charge in [0.15, 0.2) is 8.32 Å². The first-order valence-electron chi connectivity index (χ1n) is 11.8. The van der Waals surface area contributed by atoms with Crippen molar-refractivity contribution in [2.45, 2.75) is 84.0 Å². The summed E-state index contributed by atoms with van der Waals surface area (Å²) >= 11 is 0. The Morgan fingerprint density at radius 3 is 2.32 bits per heavy atom.